The van der Waals surface area contributed by atoms with Gasteiger partial charge in [0, 0.05) is 12.2 Å². The second-order valence-corrected chi connectivity index (χ2v) is 4.66. The van der Waals surface area contributed by atoms with E-state index in [-0.39, 0.29) is 6.61 Å². The van der Waals surface area contributed by atoms with E-state index in [1.165, 1.54) is 24.3 Å². The van der Waals surface area contributed by atoms with Gasteiger partial charge in [-0.25, -0.2) is 9.59 Å². The van der Waals surface area contributed by atoms with Crippen molar-refractivity contribution in [1.29, 1.82) is 0 Å². The van der Waals surface area contributed by atoms with Gasteiger partial charge < -0.3 is 14.6 Å². The van der Waals surface area contributed by atoms with Crippen molar-refractivity contribution in [1.82, 2.24) is 10.9 Å². The summed E-state index contributed by atoms with van der Waals surface area (Å²) in [6.45, 7) is 1.84. The van der Waals surface area contributed by atoms with E-state index in [1.807, 2.05) is 17.8 Å². The molecule has 0 aliphatic rings. The molecule has 0 spiro atoms. The number of hydrogen-bond acceptors (Lipinski definition) is 6. The first-order valence-electron chi connectivity index (χ1n) is 7.32. The van der Waals surface area contributed by atoms with Crippen LogP contribution in [0.3, 0.4) is 0 Å². The summed E-state index contributed by atoms with van der Waals surface area (Å²) in [6.07, 6.45) is 2.11. The Kier molecular flexibility index (Phi) is 8.21. The van der Waals surface area contributed by atoms with Crippen LogP contribution in [0.15, 0.2) is 36.4 Å². The first-order chi connectivity index (χ1) is 11.9. The third kappa shape index (κ3) is 8.16. The van der Waals surface area contributed by atoms with Crippen LogP contribution in [0.4, 0.5) is 0 Å². The molecular formula is C16H18N2O7. The molecule has 0 aromatic heterocycles. The molecule has 3 N–H and O–H groups in total. The predicted molar refractivity (Wildman–Crippen MR) is 85.6 cm³/mol. The van der Waals surface area contributed by atoms with Gasteiger partial charge in [-0.2, -0.15) is 0 Å². The van der Waals surface area contributed by atoms with Gasteiger partial charge in [0.25, 0.3) is 11.8 Å². The molecule has 9 heteroatoms. The molecule has 2 amide bonds. The third-order valence-electron chi connectivity index (χ3n) is 2.60. The Morgan fingerprint density at radius 1 is 1.08 bits per heavy atom. The number of carbonyl (C=O) groups excluding carboxylic acids is 3. The predicted octanol–water partition coefficient (Wildman–Crippen LogP) is 0.420. The number of hydrazine groups is 1. The molecule has 0 saturated heterocycles. The van der Waals surface area contributed by atoms with Gasteiger partial charge in [0.2, 0.25) is 0 Å². The largest absolute Gasteiger partial charge is 0.484 e. The second kappa shape index (κ2) is 10.4. The maximum Gasteiger partial charge on any atom is 0.338 e. The first kappa shape index (κ1) is 19.7. The van der Waals surface area contributed by atoms with Crippen molar-refractivity contribution < 1.29 is 33.8 Å². The van der Waals surface area contributed by atoms with Gasteiger partial charge in [-0.1, -0.05) is 6.92 Å². The minimum absolute atomic E-state index is 0.338. The number of esters is 1. The number of carboxylic acid groups (broad SMARTS) is 1. The Morgan fingerprint density at radius 3 is 2.36 bits per heavy atom. The highest BCUT2D eigenvalue weighted by Crippen LogP contribution is 2.12. The average molecular weight is 350 g/mol. The molecule has 0 radical (unpaired) electrons. The maximum absolute atomic E-state index is 11.6. The van der Waals surface area contributed by atoms with Crippen LogP contribution in [-0.2, 0) is 19.1 Å². The van der Waals surface area contributed by atoms with Crippen LogP contribution in [0.2, 0.25) is 0 Å². The molecule has 0 saturated carbocycles. The summed E-state index contributed by atoms with van der Waals surface area (Å²) in [4.78, 5) is 44.5. The fourth-order valence-electron chi connectivity index (χ4n) is 1.47. The number of ether oxygens (including phenoxy) is 2. The molecule has 1 aromatic rings. The van der Waals surface area contributed by atoms with E-state index >= 15 is 0 Å². The monoisotopic (exact) mass is 350 g/mol. The number of amides is 2. The lowest BCUT2D eigenvalue weighted by atomic mass is 10.2. The highest BCUT2D eigenvalue weighted by Gasteiger charge is 2.08. The van der Waals surface area contributed by atoms with Crippen molar-refractivity contribution >= 4 is 23.8 Å². The van der Waals surface area contributed by atoms with Crippen LogP contribution in [0.1, 0.15) is 23.7 Å². The molecule has 0 heterocycles. The Hall–Kier alpha value is -3.36. The topological polar surface area (TPSA) is 131 Å². The van der Waals surface area contributed by atoms with E-state index in [4.69, 9.17) is 14.6 Å². The van der Waals surface area contributed by atoms with Crippen LogP contribution >= 0.6 is 0 Å². The summed E-state index contributed by atoms with van der Waals surface area (Å²) in [5.74, 6) is -2.83. The molecule has 0 bridgehead atoms. The highest BCUT2D eigenvalue weighted by atomic mass is 16.5. The number of benzene rings is 1. The summed E-state index contributed by atoms with van der Waals surface area (Å²) in [7, 11) is 0. The van der Waals surface area contributed by atoms with Gasteiger partial charge in [0.05, 0.1) is 12.2 Å². The molecule has 0 atom stereocenters. The van der Waals surface area contributed by atoms with Crippen molar-refractivity contribution in [2.45, 2.75) is 13.3 Å². The quantitative estimate of drug-likeness (QED) is 0.352. The van der Waals surface area contributed by atoms with Crippen molar-refractivity contribution in [3.63, 3.8) is 0 Å². The smallest absolute Gasteiger partial charge is 0.338 e. The lowest BCUT2D eigenvalue weighted by Gasteiger charge is -2.08. The highest BCUT2D eigenvalue weighted by molar-refractivity contribution is 5.94. The summed E-state index contributed by atoms with van der Waals surface area (Å²) >= 11 is 0. The van der Waals surface area contributed by atoms with Gasteiger partial charge in [-0.05, 0) is 30.7 Å². The average Bonchev–Trinajstić information content (AvgIpc) is 2.61. The third-order valence-corrected chi connectivity index (χ3v) is 2.60. The van der Waals surface area contributed by atoms with E-state index in [0.717, 1.165) is 12.5 Å². The Bertz CT molecular complexity index is 653. The molecule has 0 fully saturated rings. The molecule has 0 unspecified atom stereocenters. The number of nitrogens with one attached hydrogen (secondary N) is 2. The second-order valence-electron chi connectivity index (χ2n) is 4.66. The number of hydrogen-bond donors (Lipinski definition) is 3. The molecule has 134 valence electrons. The lowest BCUT2D eigenvalue weighted by molar-refractivity contribution is -0.131. The fraction of sp³-hybridized carbons (Fsp3) is 0.250. The zero-order chi connectivity index (χ0) is 18.7. The number of rotatable bonds is 8. The van der Waals surface area contributed by atoms with Crippen molar-refractivity contribution in [3.8, 4) is 5.75 Å². The molecule has 0 aliphatic heterocycles. The van der Waals surface area contributed by atoms with Crippen LogP contribution in [-0.4, -0.2) is 42.1 Å². The van der Waals surface area contributed by atoms with Gasteiger partial charge >= 0.3 is 11.9 Å². The number of carbonyl (C=O) groups is 4. The van der Waals surface area contributed by atoms with E-state index in [0.29, 0.717) is 24.0 Å². The van der Waals surface area contributed by atoms with E-state index in [1.54, 1.807) is 0 Å². The van der Waals surface area contributed by atoms with Crippen molar-refractivity contribution in [2.24, 2.45) is 0 Å². The fourth-order valence-corrected chi connectivity index (χ4v) is 1.47. The Morgan fingerprint density at radius 2 is 1.76 bits per heavy atom. The van der Waals surface area contributed by atoms with Crippen LogP contribution in [0, 0.1) is 0 Å². The van der Waals surface area contributed by atoms with E-state index in [2.05, 4.69) is 0 Å². The molecule has 25 heavy (non-hydrogen) atoms. The summed E-state index contributed by atoms with van der Waals surface area (Å²) in [5, 5.41) is 8.34. The van der Waals surface area contributed by atoms with Crippen molar-refractivity contribution in [2.75, 3.05) is 13.2 Å². The van der Waals surface area contributed by atoms with Gasteiger partial charge in [-0.3, -0.25) is 20.4 Å². The maximum atomic E-state index is 11.6. The van der Waals surface area contributed by atoms with E-state index in [9.17, 15) is 19.2 Å². The Balaban J connectivity index is 2.37. The van der Waals surface area contributed by atoms with Gasteiger partial charge in [-0.15, -0.1) is 0 Å². The first-order valence-corrected chi connectivity index (χ1v) is 7.32. The summed E-state index contributed by atoms with van der Waals surface area (Å²) in [5.41, 5.74) is 4.40. The number of aliphatic carboxylic acids is 1. The van der Waals surface area contributed by atoms with Crippen LogP contribution in [0.25, 0.3) is 0 Å². The summed E-state index contributed by atoms with van der Waals surface area (Å²) < 4.78 is 10.2. The zero-order valence-electron chi connectivity index (χ0n) is 13.5. The van der Waals surface area contributed by atoms with E-state index < -0.39 is 23.8 Å². The zero-order valence-corrected chi connectivity index (χ0v) is 13.5. The van der Waals surface area contributed by atoms with Crippen molar-refractivity contribution in [3.05, 3.63) is 42.0 Å². The molecule has 9 nitrogen and oxygen atoms in total. The standard InChI is InChI=1S/C16H18N2O7/c1-2-9-24-16(23)11-3-5-12(6-4-11)25-10-14(20)18-17-13(19)7-8-15(21)22/h3-8H,2,9-10H2,1H3,(H,17,19)(H,18,20)(H,21,22). The molecule has 1 aromatic carbocycles. The SMILES string of the molecule is CCCOC(=O)c1ccc(OCC(=O)NNC(=O)C=CC(=O)O)cc1. The van der Waals surface area contributed by atoms with Gasteiger partial charge in [0.15, 0.2) is 6.61 Å². The summed E-state index contributed by atoms with van der Waals surface area (Å²) in [6, 6.07) is 6.02. The molecular weight excluding hydrogens is 332 g/mol. The Labute approximate surface area is 143 Å². The number of carboxylic acids is 1. The van der Waals surface area contributed by atoms with Gasteiger partial charge in [0.1, 0.15) is 5.75 Å². The molecule has 1 rings (SSSR count). The minimum Gasteiger partial charge on any atom is -0.484 e. The molecule has 0 aliphatic carbocycles. The normalized spacial score (nSPS) is 10.1. The minimum atomic E-state index is -1.29. The van der Waals surface area contributed by atoms with Crippen LogP contribution < -0.4 is 15.6 Å². The lowest BCUT2D eigenvalue weighted by Crippen LogP contribution is -2.43. The van der Waals surface area contributed by atoms with Crippen LogP contribution in [0.5, 0.6) is 5.75 Å².